The van der Waals surface area contributed by atoms with Gasteiger partial charge in [-0.05, 0) is 45.0 Å². The highest BCUT2D eigenvalue weighted by molar-refractivity contribution is 5.66. The minimum absolute atomic E-state index is 0.00101. The van der Waals surface area contributed by atoms with Gasteiger partial charge in [0.2, 0.25) is 0 Å². The highest BCUT2D eigenvalue weighted by Crippen LogP contribution is 2.40. The number of hydrogen-bond acceptors (Lipinski definition) is 8. The monoisotopic (exact) mass is 577 g/mol. The number of rotatable bonds is 6. The number of nitrogens with zero attached hydrogens (tertiary/aromatic N) is 7. The highest BCUT2D eigenvalue weighted by atomic mass is 19.4. The molecule has 10 nitrogen and oxygen atoms in total. The van der Waals surface area contributed by atoms with Gasteiger partial charge in [0.15, 0.2) is 0 Å². The summed E-state index contributed by atoms with van der Waals surface area (Å²) >= 11 is 0. The maximum atomic E-state index is 14.4. The van der Waals surface area contributed by atoms with E-state index in [-0.39, 0.29) is 56.8 Å². The van der Waals surface area contributed by atoms with Crippen LogP contribution >= 0.6 is 0 Å². The number of carboxylic acid groups (broad SMARTS) is 1. The van der Waals surface area contributed by atoms with Gasteiger partial charge in [0.25, 0.3) is 0 Å². The van der Waals surface area contributed by atoms with E-state index < -0.39 is 29.7 Å². The number of amides is 1. The van der Waals surface area contributed by atoms with Gasteiger partial charge in [0.05, 0.1) is 36.5 Å². The van der Waals surface area contributed by atoms with Gasteiger partial charge < -0.3 is 29.4 Å². The molecule has 1 aromatic heterocycles. The molecule has 0 unspecified atom stereocenters. The van der Waals surface area contributed by atoms with Crippen molar-refractivity contribution in [3.05, 3.63) is 40.8 Å². The quantitative estimate of drug-likeness (QED) is 0.514. The van der Waals surface area contributed by atoms with Gasteiger partial charge in [-0.2, -0.15) is 28.4 Å². The molecule has 0 radical (unpaired) electrons. The molecule has 0 aliphatic carbocycles. The molecule has 5 rings (SSSR count). The van der Waals surface area contributed by atoms with Gasteiger partial charge in [-0.25, -0.2) is 9.18 Å². The Hall–Kier alpha value is -3.86. The van der Waals surface area contributed by atoms with Crippen LogP contribution in [0.15, 0.2) is 18.2 Å². The number of hydrogen-bond donors (Lipinski definition) is 1. The van der Waals surface area contributed by atoms with E-state index in [1.54, 1.807) is 0 Å². The average Bonchev–Trinajstić information content (AvgIpc) is 3.34. The number of likely N-dealkylation sites (tertiary alicyclic amines) is 1. The second kappa shape index (κ2) is 11.6. The Balaban J connectivity index is 1.49. The van der Waals surface area contributed by atoms with E-state index in [1.165, 1.54) is 21.9 Å². The van der Waals surface area contributed by atoms with Gasteiger partial charge in [-0.1, -0.05) is 6.07 Å². The Kier molecular flexibility index (Phi) is 8.08. The summed E-state index contributed by atoms with van der Waals surface area (Å²) in [4.78, 5) is 27.8. The zero-order valence-electron chi connectivity index (χ0n) is 22.6. The zero-order chi connectivity index (χ0) is 29.3. The number of fused-ring (bicyclic) bond motifs is 1. The molecule has 3 aliphatic rings. The fourth-order valence-corrected chi connectivity index (χ4v) is 5.92. The molecule has 220 valence electrons. The summed E-state index contributed by atoms with van der Waals surface area (Å²) in [6.07, 6.45) is -3.70. The molecule has 0 saturated carbocycles. The topological polar surface area (TPSA) is 109 Å². The SMILES string of the molecule is CN1CCC[C@H]1COc1nc2c(c(N3CCN(C(=O)O)[C@@H](CC#N)C3)n1)CCN(c1cccc(F)c1C(F)(F)F)C2. The molecule has 0 spiro atoms. The van der Waals surface area contributed by atoms with Crippen molar-refractivity contribution in [1.82, 2.24) is 19.8 Å². The number of piperazine rings is 1. The van der Waals surface area contributed by atoms with Crippen molar-refractivity contribution in [1.29, 1.82) is 5.26 Å². The second-order valence-electron chi connectivity index (χ2n) is 10.6. The predicted molar refractivity (Wildman–Crippen MR) is 140 cm³/mol. The molecule has 2 atom stereocenters. The van der Waals surface area contributed by atoms with Crippen molar-refractivity contribution in [3.8, 4) is 12.1 Å². The molecule has 1 aromatic carbocycles. The van der Waals surface area contributed by atoms with Crippen LogP contribution in [0.5, 0.6) is 6.01 Å². The number of carbonyl (C=O) groups is 1. The Bertz CT molecular complexity index is 1340. The van der Waals surface area contributed by atoms with E-state index >= 15 is 0 Å². The van der Waals surface area contributed by atoms with Crippen molar-refractivity contribution in [2.75, 3.05) is 56.2 Å². The van der Waals surface area contributed by atoms with Crippen LogP contribution in [0.25, 0.3) is 0 Å². The fraction of sp³-hybridized carbons (Fsp3) is 0.556. The predicted octanol–water partition coefficient (Wildman–Crippen LogP) is 3.75. The first-order chi connectivity index (χ1) is 19.6. The number of aromatic nitrogens is 2. The lowest BCUT2D eigenvalue weighted by Crippen LogP contribution is -2.55. The molecule has 1 amide bonds. The minimum atomic E-state index is -4.88. The molecule has 4 heterocycles. The molecule has 2 saturated heterocycles. The first kappa shape index (κ1) is 28.7. The van der Waals surface area contributed by atoms with E-state index in [1.807, 2.05) is 18.0 Å². The third-order valence-electron chi connectivity index (χ3n) is 8.07. The summed E-state index contributed by atoms with van der Waals surface area (Å²) in [5.74, 6) is -0.818. The number of nitriles is 1. The maximum absolute atomic E-state index is 14.4. The van der Waals surface area contributed by atoms with Crippen LogP contribution in [0, 0.1) is 17.1 Å². The molecule has 14 heteroatoms. The van der Waals surface area contributed by atoms with Gasteiger partial charge >= 0.3 is 18.3 Å². The molecule has 1 N–H and O–H groups in total. The van der Waals surface area contributed by atoms with Crippen LogP contribution in [0.3, 0.4) is 0 Å². The van der Waals surface area contributed by atoms with Crippen LogP contribution in [0.1, 0.15) is 36.1 Å². The first-order valence-corrected chi connectivity index (χ1v) is 13.5. The molecule has 3 aliphatic heterocycles. The molecule has 0 bridgehead atoms. The Morgan fingerprint density at radius 2 is 1.98 bits per heavy atom. The van der Waals surface area contributed by atoms with Crippen molar-refractivity contribution in [2.24, 2.45) is 0 Å². The molecule has 2 fully saturated rings. The van der Waals surface area contributed by atoms with Gasteiger partial charge in [0.1, 0.15) is 23.8 Å². The fourth-order valence-electron chi connectivity index (χ4n) is 5.92. The Morgan fingerprint density at radius 3 is 2.66 bits per heavy atom. The normalized spacial score (nSPS) is 21.5. The van der Waals surface area contributed by atoms with E-state index in [2.05, 4.69) is 9.88 Å². The van der Waals surface area contributed by atoms with E-state index in [0.29, 0.717) is 24.7 Å². The standard InChI is InChI=1S/C27H31F4N7O3/c1-35-10-3-4-18(35)16-41-25-33-21-15-36(22-6-2-5-20(28)23(22)27(29,30)31)11-8-19(21)24(34-25)37-12-13-38(26(39)40)17(14-37)7-9-32/h2,5-6,17-18H,3-4,7-8,10-16H2,1H3,(H,39,40)/t17-,18-/m0/s1. The lowest BCUT2D eigenvalue weighted by Gasteiger charge is -2.41. The first-order valence-electron chi connectivity index (χ1n) is 13.5. The van der Waals surface area contributed by atoms with E-state index in [9.17, 15) is 32.7 Å². The van der Waals surface area contributed by atoms with Crippen molar-refractivity contribution >= 4 is 17.6 Å². The third kappa shape index (κ3) is 5.95. The summed E-state index contributed by atoms with van der Waals surface area (Å²) in [5, 5.41) is 18.9. The largest absolute Gasteiger partial charge is 0.465 e. The van der Waals surface area contributed by atoms with Gasteiger partial charge in [-0.3, -0.25) is 0 Å². The lowest BCUT2D eigenvalue weighted by molar-refractivity contribution is -0.139. The van der Waals surface area contributed by atoms with Crippen LogP contribution in [0.4, 0.5) is 33.9 Å². The summed E-state index contributed by atoms with van der Waals surface area (Å²) < 4.78 is 61.8. The zero-order valence-corrected chi connectivity index (χ0v) is 22.6. The number of likely N-dealkylation sites (N-methyl/N-ethyl adjacent to an activating group) is 1. The number of halogens is 4. The summed E-state index contributed by atoms with van der Waals surface area (Å²) in [6.45, 7) is 2.13. The Morgan fingerprint density at radius 1 is 1.17 bits per heavy atom. The second-order valence-corrected chi connectivity index (χ2v) is 10.6. The lowest BCUT2D eigenvalue weighted by atomic mass is 10.0. The maximum Gasteiger partial charge on any atom is 0.421 e. The van der Waals surface area contributed by atoms with Crippen molar-refractivity contribution in [2.45, 2.75) is 50.5 Å². The van der Waals surface area contributed by atoms with Crippen LogP contribution in [0.2, 0.25) is 0 Å². The number of ether oxygens (including phenoxy) is 1. The summed E-state index contributed by atoms with van der Waals surface area (Å²) in [7, 11) is 2.01. The number of alkyl halides is 3. The summed E-state index contributed by atoms with van der Waals surface area (Å²) in [6, 6.07) is 5.03. The number of benzene rings is 1. The van der Waals surface area contributed by atoms with Crippen molar-refractivity contribution < 1.29 is 32.2 Å². The van der Waals surface area contributed by atoms with E-state index in [0.717, 1.165) is 31.0 Å². The van der Waals surface area contributed by atoms with Gasteiger partial charge in [-0.15, -0.1) is 0 Å². The van der Waals surface area contributed by atoms with Crippen LogP contribution in [-0.2, 0) is 19.1 Å². The summed E-state index contributed by atoms with van der Waals surface area (Å²) in [5.41, 5.74) is -0.396. The third-order valence-corrected chi connectivity index (χ3v) is 8.07. The van der Waals surface area contributed by atoms with E-state index in [4.69, 9.17) is 9.72 Å². The van der Waals surface area contributed by atoms with Crippen molar-refractivity contribution in [3.63, 3.8) is 0 Å². The molecule has 41 heavy (non-hydrogen) atoms. The van der Waals surface area contributed by atoms with Gasteiger partial charge in [0, 0.05) is 37.8 Å². The molecular weight excluding hydrogens is 546 g/mol. The molecule has 2 aromatic rings. The Labute approximate surface area is 234 Å². The minimum Gasteiger partial charge on any atom is -0.465 e. The number of anilines is 2. The smallest absolute Gasteiger partial charge is 0.421 e. The molecular formula is C27H31F4N7O3. The van der Waals surface area contributed by atoms with Crippen LogP contribution in [-0.4, -0.2) is 89.4 Å². The van der Waals surface area contributed by atoms with Crippen LogP contribution < -0.4 is 14.5 Å². The average molecular weight is 578 g/mol. The highest BCUT2D eigenvalue weighted by Gasteiger charge is 2.40.